The van der Waals surface area contributed by atoms with Crippen LogP contribution in [-0.2, 0) is 9.59 Å². The van der Waals surface area contributed by atoms with E-state index in [4.69, 9.17) is 9.84 Å². The molecule has 1 aromatic rings. The van der Waals surface area contributed by atoms with Crippen molar-refractivity contribution in [3.05, 3.63) is 23.8 Å². The van der Waals surface area contributed by atoms with E-state index >= 15 is 0 Å². The smallest absolute Gasteiger partial charge is 0.323 e. The highest BCUT2D eigenvalue weighted by molar-refractivity contribution is 5.99. The maximum absolute atomic E-state index is 12.4. The number of ether oxygens (including phenoxy) is 1. The molecule has 2 amide bonds. The third kappa shape index (κ3) is 2.81. The van der Waals surface area contributed by atoms with Gasteiger partial charge >= 0.3 is 5.97 Å². The van der Waals surface area contributed by atoms with Gasteiger partial charge in [0.05, 0.1) is 5.69 Å². The largest absolute Gasteiger partial charge is 0.482 e. The van der Waals surface area contributed by atoms with Crippen molar-refractivity contribution >= 4 is 23.5 Å². The summed E-state index contributed by atoms with van der Waals surface area (Å²) >= 11 is 0. The third-order valence-electron chi connectivity index (χ3n) is 3.42. The Hall–Kier alpha value is -2.57. The highest BCUT2D eigenvalue weighted by Crippen LogP contribution is 2.31. The number of fused-ring (bicyclic) bond motifs is 1. The molecule has 1 saturated carbocycles. The fraction of sp³-hybridized carbons (Fsp3) is 0.357. The summed E-state index contributed by atoms with van der Waals surface area (Å²) in [5.41, 5.74) is 0.872. The van der Waals surface area contributed by atoms with E-state index in [0.717, 1.165) is 12.8 Å². The Bertz CT molecular complexity index is 624. The van der Waals surface area contributed by atoms with Gasteiger partial charge in [-0.15, -0.1) is 0 Å². The number of nitrogens with one attached hydrogen (secondary N) is 1. The van der Waals surface area contributed by atoms with Gasteiger partial charge in [-0.2, -0.15) is 0 Å². The van der Waals surface area contributed by atoms with Crippen molar-refractivity contribution in [1.29, 1.82) is 0 Å². The number of amides is 2. The SMILES string of the molecule is O=C(O)CN(C(=O)c1ccc2c(c1)OCC(=O)N2)C1CC1. The fourth-order valence-corrected chi connectivity index (χ4v) is 2.27. The lowest BCUT2D eigenvalue weighted by molar-refractivity contribution is -0.137. The Morgan fingerprint density at radius 1 is 1.38 bits per heavy atom. The number of benzene rings is 1. The molecule has 1 heterocycles. The molecule has 0 bridgehead atoms. The molecular weight excluding hydrogens is 276 g/mol. The zero-order chi connectivity index (χ0) is 15.0. The second-order valence-corrected chi connectivity index (χ2v) is 5.11. The molecule has 0 atom stereocenters. The monoisotopic (exact) mass is 290 g/mol. The summed E-state index contributed by atoms with van der Waals surface area (Å²) < 4.78 is 5.26. The molecular formula is C14H14N2O5. The summed E-state index contributed by atoms with van der Waals surface area (Å²) in [5.74, 6) is -1.18. The Kier molecular flexibility index (Phi) is 3.25. The average Bonchev–Trinajstić information content (AvgIpc) is 3.27. The van der Waals surface area contributed by atoms with Crippen LogP contribution in [0.1, 0.15) is 23.2 Å². The molecule has 2 N–H and O–H groups in total. The number of nitrogens with zero attached hydrogens (tertiary/aromatic N) is 1. The zero-order valence-electron chi connectivity index (χ0n) is 11.2. The molecule has 2 aliphatic rings. The number of rotatable bonds is 4. The molecule has 0 spiro atoms. The molecule has 0 aromatic heterocycles. The lowest BCUT2D eigenvalue weighted by Crippen LogP contribution is -2.37. The first-order valence-electron chi connectivity index (χ1n) is 6.64. The van der Waals surface area contributed by atoms with Gasteiger partial charge in [0, 0.05) is 11.6 Å². The molecule has 0 radical (unpaired) electrons. The topological polar surface area (TPSA) is 95.9 Å². The normalized spacial score (nSPS) is 16.5. The summed E-state index contributed by atoms with van der Waals surface area (Å²) in [6.45, 7) is -0.399. The average molecular weight is 290 g/mol. The fourth-order valence-electron chi connectivity index (χ4n) is 2.27. The van der Waals surface area contributed by atoms with E-state index in [2.05, 4.69) is 5.32 Å². The van der Waals surface area contributed by atoms with Crippen LogP contribution in [0.2, 0.25) is 0 Å². The number of carbonyl (C=O) groups is 3. The van der Waals surface area contributed by atoms with Gasteiger partial charge in [0.2, 0.25) is 0 Å². The van der Waals surface area contributed by atoms with Crippen molar-refractivity contribution in [3.63, 3.8) is 0 Å². The van der Waals surface area contributed by atoms with E-state index in [1.807, 2.05) is 0 Å². The minimum absolute atomic E-state index is 0.00486. The van der Waals surface area contributed by atoms with Crippen molar-refractivity contribution in [2.75, 3.05) is 18.5 Å². The van der Waals surface area contributed by atoms with Crippen molar-refractivity contribution in [2.24, 2.45) is 0 Å². The molecule has 1 aromatic carbocycles. The van der Waals surface area contributed by atoms with E-state index in [1.54, 1.807) is 12.1 Å². The highest BCUT2D eigenvalue weighted by Gasteiger charge is 2.34. The van der Waals surface area contributed by atoms with Crippen LogP contribution >= 0.6 is 0 Å². The summed E-state index contributed by atoms with van der Waals surface area (Å²) in [6, 6.07) is 4.69. The van der Waals surface area contributed by atoms with Crippen molar-refractivity contribution in [3.8, 4) is 5.75 Å². The van der Waals surface area contributed by atoms with Gasteiger partial charge in [0.1, 0.15) is 12.3 Å². The van der Waals surface area contributed by atoms with E-state index in [1.165, 1.54) is 11.0 Å². The number of aliphatic carboxylic acids is 1. The predicted molar refractivity (Wildman–Crippen MR) is 72.3 cm³/mol. The number of hydrogen-bond donors (Lipinski definition) is 2. The Morgan fingerprint density at radius 2 is 2.14 bits per heavy atom. The standard InChI is InChI=1S/C14H14N2O5/c17-12-7-21-11-5-8(1-4-10(11)15-12)14(20)16(6-13(18)19)9-2-3-9/h1,4-5,9H,2-3,6-7H2,(H,15,17)(H,18,19). The molecule has 21 heavy (non-hydrogen) atoms. The van der Waals surface area contributed by atoms with Crippen LogP contribution in [-0.4, -0.2) is 47.0 Å². The van der Waals surface area contributed by atoms with Gasteiger partial charge in [0.25, 0.3) is 11.8 Å². The van der Waals surface area contributed by atoms with E-state index in [9.17, 15) is 14.4 Å². The first-order valence-corrected chi connectivity index (χ1v) is 6.64. The first kappa shape index (κ1) is 13.4. The van der Waals surface area contributed by atoms with Gasteiger partial charge in [-0.1, -0.05) is 0 Å². The maximum atomic E-state index is 12.4. The van der Waals surface area contributed by atoms with Gasteiger partial charge in [0.15, 0.2) is 6.61 Å². The number of carboxylic acids is 1. The van der Waals surface area contributed by atoms with E-state index in [0.29, 0.717) is 17.0 Å². The first-order chi connectivity index (χ1) is 10.0. The zero-order valence-corrected chi connectivity index (χ0v) is 11.2. The summed E-state index contributed by atoms with van der Waals surface area (Å²) in [5, 5.41) is 11.6. The van der Waals surface area contributed by atoms with Crippen LogP contribution < -0.4 is 10.1 Å². The molecule has 3 rings (SSSR count). The van der Waals surface area contributed by atoms with Crippen LogP contribution in [0, 0.1) is 0 Å². The molecule has 1 fully saturated rings. The van der Waals surface area contributed by atoms with Gasteiger partial charge in [-0.3, -0.25) is 14.4 Å². The maximum Gasteiger partial charge on any atom is 0.323 e. The summed E-state index contributed by atoms with van der Waals surface area (Å²) in [6.07, 6.45) is 1.66. The van der Waals surface area contributed by atoms with E-state index in [-0.39, 0.29) is 31.0 Å². The molecule has 0 unspecified atom stereocenters. The molecule has 0 saturated heterocycles. The lowest BCUT2D eigenvalue weighted by Gasteiger charge is -2.22. The van der Waals surface area contributed by atoms with Crippen LogP contribution in [0.15, 0.2) is 18.2 Å². The highest BCUT2D eigenvalue weighted by atomic mass is 16.5. The van der Waals surface area contributed by atoms with Crippen LogP contribution in [0.25, 0.3) is 0 Å². The van der Waals surface area contributed by atoms with Crippen LogP contribution in [0.4, 0.5) is 5.69 Å². The second-order valence-electron chi connectivity index (χ2n) is 5.11. The van der Waals surface area contributed by atoms with E-state index < -0.39 is 5.97 Å². The van der Waals surface area contributed by atoms with Gasteiger partial charge in [-0.05, 0) is 31.0 Å². The minimum atomic E-state index is -1.03. The Labute approximate surface area is 120 Å². The molecule has 7 heteroatoms. The van der Waals surface area contributed by atoms with Crippen molar-refractivity contribution < 1.29 is 24.2 Å². The lowest BCUT2D eigenvalue weighted by atomic mass is 10.1. The molecule has 110 valence electrons. The molecule has 1 aliphatic carbocycles. The van der Waals surface area contributed by atoms with Crippen LogP contribution in [0.3, 0.4) is 0 Å². The number of hydrogen-bond acceptors (Lipinski definition) is 4. The Morgan fingerprint density at radius 3 is 2.81 bits per heavy atom. The summed E-state index contributed by atoms with van der Waals surface area (Å²) in [7, 11) is 0. The number of anilines is 1. The Balaban J connectivity index is 1.83. The molecule has 1 aliphatic heterocycles. The second kappa shape index (κ2) is 5.08. The van der Waals surface area contributed by atoms with Gasteiger partial charge in [-0.25, -0.2) is 0 Å². The van der Waals surface area contributed by atoms with Crippen molar-refractivity contribution in [2.45, 2.75) is 18.9 Å². The summed E-state index contributed by atoms with van der Waals surface area (Å²) in [4.78, 5) is 35.9. The minimum Gasteiger partial charge on any atom is -0.482 e. The van der Waals surface area contributed by atoms with Crippen molar-refractivity contribution in [1.82, 2.24) is 4.90 Å². The number of carboxylic acid groups (broad SMARTS) is 1. The van der Waals surface area contributed by atoms with Gasteiger partial charge < -0.3 is 20.1 Å². The third-order valence-corrected chi connectivity index (χ3v) is 3.42. The van der Waals surface area contributed by atoms with Crippen LogP contribution in [0.5, 0.6) is 5.75 Å². The quantitative estimate of drug-likeness (QED) is 0.851. The number of carbonyl (C=O) groups excluding carboxylic acids is 2. The molecule has 7 nitrogen and oxygen atoms in total. The predicted octanol–water partition coefficient (Wildman–Crippen LogP) is 0.707.